The molecule has 36 heavy (non-hydrogen) atoms. The van der Waals surface area contributed by atoms with E-state index in [4.69, 9.17) is 9.15 Å². The minimum atomic E-state index is -0.788. The average Bonchev–Trinajstić information content (AvgIpc) is 3.38. The molecule has 2 aromatic heterocycles. The summed E-state index contributed by atoms with van der Waals surface area (Å²) in [6.45, 7) is 5.88. The molecule has 11 heteroatoms. The molecule has 2 unspecified atom stereocenters. The summed E-state index contributed by atoms with van der Waals surface area (Å²) >= 11 is 0. The molecule has 3 aromatic rings. The molecule has 2 amide bonds. The van der Waals surface area contributed by atoms with Crippen LogP contribution in [0.2, 0.25) is 0 Å². The highest BCUT2D eigenvalue weighted by molar-refractivity contribution is 5.94. The standard InChI is InChI=1S/C25H30N6O5/c1-13(2)10-18(25(34)35-4)28-22(32)19-12-26-24(36-19)17-7-5-6-16(11-17)20-29-21(31-30-20)23(33)27-14(3)15-8-9-15/h5-7,11-15,18H,8-10H2,1-4H3,(H,27,33)(H,28,32)(H,29,30,31). The van der Waals surface area contributed by atoms with Gasteiger partial charge in [-0.2, -0.15) is 0 Å². The fourth-order valence-corrected chi connectivity index (χ4v) is 3.85. The van der Waals surface area contributed by atoms with Crippen LogP contribution >= 0.6 is 0 Å². The van der Waals surface area contributed by atoms with Gasteiger partial charge < -0.3 is 24.8 Å². The van der Waals surface area contributed by atoms with Gasteiger partial charge in [0.05, 0.1) is 13.3 Å². The number of nitrogens with one attached hydrogen (secondary N) is 3. The monoisotopic (exact) mass is 494 g/mol. The third kappa shape index (κ3) is 5.96. The number of carbonyl (C=O) groups excluding carboxylic acids is 3. The normalized spacial score (nSPS) is 14.8. The van der Waals surface area contributed by atoms with Crippen LogP contribution in [0.4, 0.5) is 0 Å². The Morgan fingerprint density at radius 1 is 1.11 bits per heavy atom. The Kier molecular flexibility index (Phi) is 7.47. The van der Waals surface area contributed by atoms with Crippen LogP contribution in [-0.4, -0.2) is 57.1 Å². The number of carbonyl (C=O) groups is 3. The van der Waals surface area contributed by atoms with Crippen molar-refractivity contribution in [1.82, 2.24) is 30.8 Å². The Morgan fingerprint density at radius 2 is 1.86 bits per heavy atom. The topological polar surface area (TPSA) is 152 Å². The van der Waals surface area contributed by atoms with Crippen LogP contribution in [0.25, 0.3) is 22.8 Å². The number of benzene rings is 1. The van der Waals surface area contributed by atoms with Crippen molar-refractivity contribution in [3.63, 3.8) is 0 Å². The van der Waals surface area contributed by atoms with Gasteiger partial charge in [-0.3, -0.25) is 9.59 Å². The van der Waals surface area contributed by atoms with Crippen molar-refractivity contribution in [3.8, 4) is 22.8 Å². The van der Waals surface area contributed by atoms with E-state index in [1.807, 2.05) is 26.8 Å². The van der Waals surface area contributed by atoms with E-state index < -0.39 is 17.9 Å². The Balaban J connectivity index is 1.46. The predicted octanol–water partition coefficient (Wildman–Crippen LogP) is 2.97. The molecule has 4 rings (SSSR count). The summed E-state index contributed by atoms with van der Waals surface area (Å²) in [5, 5.41) is 13.7. The molecule has 2 heterocycles. The maximum Gasteiger partial charge on any atom is 0.328 e. The number of rotatable bonds is 10. The van der Waals surface area contributed by atoms with Crippen LogP contribution < -0.4 is 10.6 Å². The SMILES string of the molecule is COC(=O)C(CC(C)C)NC(=O)c1cnc(-c2cccc(-c3nnc(C(=O)NC(C)C4CC4)[nH]3)c2)o1. The zero-order chi connectivity index (χ0) is 25.8. The minimum Gasteiger partial charge on any atom is -0.467 e. The lowest BCUT2D eigenvalue weighted by Crippen LogP contribution is -2.42. The lowest BCUT2D eigenvalue weighted by atomic mass is 10.0. The molecular weight excluding hydrogens is 464 g/mol. The smallest absolute Gasteiger partial charge is 0.328 e. The van der Waals surface area contributed by atoms with Crippen molar-refractivity contribution in [2.45, 2.75) is 52.1 Å². The van der Waals surface area contributed by atoms with Gasteiger partial charge in [-0.1, -0.05) is 26.0 Å². The largest absolute Gasteiger partial charge is 0.467 e. The van der Waals surface area contributed by atoms with Gasteiger partial charge in [0.1, 0.15) is 6.04 Å². The molecule has 190 valence electrons. The highest BCUT2D eigenvalue weighted by Crippen LogP contribution is 2.32. The molecule has 0 spiro atoms. The number of amides is 2. The molecule has 1 saturated carbocycles. The van der Waals surface area contributed by atoms with Gasteiger partial charge >= 0.3 is 5.97 Å². The van der Waals surface area contributed by atoms with Crippen molar-refractivity contribution in [3.05, 3.63) is 42.0 Å². The molecule has 1 aromatic carbocycles. The number of aromatic nitrogens is 4. The second-order valence-electron chi connectivity index (χ2n) is 9.41. The number of ether oxygens (including phenoxy) is 1. The molecular formula is C25H30N6O5. The van der Waals surface area contributed by atoms with Gasteiger partial charge in [0.25, 0.3) is 11.8 Å². The van der Waals surface area contributed by atoms with Gasteiger partial charge in [-0.05, 0) is 50.2 Å². The summed E-state index contributed by atoms with van der Waals surface area (Å²) in [5.41, 5.74) is 1.27. The molecule has 1 aliphatic rings. The second-order valence-corrected chi connectivity index (χ2v) is 9.41. The van der Waals surface area contributed by atoms with E-state index in [0.717, 1.165) is 12.8 Å². The van der Waals surface area contributed by atoms with Crippen molar-refractivity contribution < 1.29 is 23.5 Å². The van der Waals surface area contributed by atoms with E-state index in [9.17, 15) is 14.4 Å². The number of oxazole rings is 1. The first-order valence-electron chi connectivity index (χ1n) is 11.9. The van der Waals surface area contributed by atoms with Crippen molar-refractivity contribution in [2.75, 3.05) is 7.11 Å². The summed E-state index contributed by atoms with van der Waals surface area (Å²) in [6.07, 6.45) is 3.99. The first-order chi connectivity index (χ1) is 17.2. The molecule has 0 radical (unpaired) electrons. The Bertz CT molecular complexity index is 1250. The van der Waals surface area contributed by atoms with Crippen LogP contribution in [0.15, 0.2) is 34.9 Å². The van der Waals surface area contributed by atoms with E-state index in [2.05, 4.69) is 30.8 Å². The molecule has 1 fully saturated rings. The molecule has 0 aliphatic heterocycles. The molecule has 0 saturated heterocycles. The molecule has 1 aliphatic carbocycles. The minimum absolute atomic E-state index is 0.0310. The van der Waals surface area contributed by atoms with Crippen LogP contribution in [0, 0.1) is 11.8 Å². The van der Waals surface area contributed by atoms with Crippen molar-refractivity contribution >= 4 is 17.8 Å². The number of methoxy groups -OCH3 is 1. The molecule has 11 nitrogen and oxygen atoms in total. The van der Waals surface area contributed by atoms with Crippen molar-refractivity contribution in [2.24, 2.45) is 11.8 Å². The van der Waals surface area contributed by atoms with Crippen LogP contribution in [0.1, 0.15) is 61.2 Å². The van der Waals surface area contributed by atoms with Crippen molar-refractivity contribution in [1.29, 1.82) is 0 Å². The maximum absolute atomic E-state index is 12.7. The zero-order valence-corrected chi connectivity index (χ0v) is 20.7. The highest BCUT2D eigenvalue weighted by atomic mass is 16.5. The van der Waals surface area contributed by atoms with Gasteiger partial charge in [0.15, 0.2) is 5.82 Å². The van der Waals surface area contributed by atoms with Gasteiger partial charge in [0.2, 0.25) is 17.5 Å². The van der Waals surface area contributed by atoms with E-state index in [1.54, 1.807) is 18.2 Å². The van der Waals surface area contributed by atoms with E-state index in [1.165, 1.54) is 13.3 Å². The Morgan fingerprint density at radius 3 is 2.56 bits per heavy atom. The maximum atomic E-state index is 12.7. The van der Waals surface area contributed by atoms with Crippen LogP contribution in [0.3, 0.4) is 0 Å². The van der Waals surface area contributed by atoms with Gasteiger partial charge in [0, 0.05) is 17.2 Å². The Labute approximate surface area is 208 Å². The summed E-state index contributed by atoms with van der Waals surface area (Å²) < 4.78 is 10.5. The average molecular weight is 495 g/mol. The summed E-state index contributed by atoms with van der Waals surface area (Å²) in [5.74, 6) is 0.0655. The number of aromatic amines is 1. The third-order valence-electron chi connectivity index (χ3n) is 6.00. The molecule has 0 bridgehead atoms. The fourth-order valence-electron chi connectivity index (χ4n) is 3.85. The Hall–Kier alpha value is -4.02. The summed E-state index contributed by atoms with van der Waals surface area (Å²) in [6, 6.07) is 6.43. The van der Waals surface area contributed by atoms with E-state index >= 15 is 0 Å². The zero-order valence-electron chi connectivity index (χ0n) is 20.7. The summed E-state index contributed by atoms with van der Waals surface area (Å²) in [4.78, 5) is 44.3. The number of esters is 1. The number of hydrogen-bond donors (Lipinski definition) is 3. The lowest BCUT2D eigenvalue weighted by Gasteiger charge is -2.17. The van der Waals surface area contributed by atoms with Crippen LogP contribution in [0.5, 0.6) is 0 Å². The quantitative estimate of drug-likeness (QED) is 0.364. The predicted molar refractivity (Wildman–Crippen MR) is 130 cm³/mol. The number of nitrogens with zero attached hydrogens (tertiary/aromatic N) is 3. The highest BCUT2D eigenvalue weighted by Gasteiger charge is 2.30. The third-order valence-corrected chi connectivity index (χ3v) is 6.00. The van der Waals surface area contributed by atoms with Gasteiger partial charge in [-0.15, -0.1) is 10.2 Å². The summed E-state index contributed by atoms with van der Waals surface area (Å²) in [7, 11) is 1.28. The first-order valence-corrected chi connectivity index (χ1v) is 11.9. The number of H-pyrrole nitrogens is 1. The fraction of sp³-hybridized carbons (Fsp3) is 0.440. The molecule has 3 N–H and O–H groups in total. The first kappa shape index (κ1) is 25.1. The van der Waals surface area contributed by atoms with Gasteiger partial charge in [-0.25, -0.2) is 9.78 Å². The second kappa shape index (κ2) is 10.7. The lowest BCUT2D eigenvalue weighted by molar-refractivity contribution is -0.143. The van der Waals surface area contributed by atoms with E-state index in [0.29, 0.717) is 29.3 Å². The van der Waals surface area contributed by atoms with Crippen LogP contribution in [-0.2, 0) is 9.53 Å². The van der Waals surface area contributed by atoms with E-state index in [-0.39, 0.29) is 35.3 Å². The molecule has 2 atom stereocenters. The number of hydrogen-bond acceptors (Lipinski definition) is 8.